The first-order chi connectivity index (χ1) is 9.97. The summed E-state index contributed by atoms with van der Waals surface area (Å²) in [5, 5.41) is 0. The quantitative estimate of drug-likeness (QED) is 0.818. The normalized spacial score (nSPS) is 10.9. The molecule has 0 saturated heterocycles. The standard InChI is InChI=1S/C16H18O5/c1-10(2)13(17)8-12-6-4-5-7-14(12)19-9-15-11(3)20-16(18)21-15/h4-7,10H,8-9H2,1-3H3. The number of aryl methyl sites for hydroxylation is 1. The Hall–Kier alpha value is -2.30. The molecule has 1 aromatic carbocycles. The van der Waals surface area contributed by atoms with Crippen molar-refractivity contribution in [2.24, 2.45) is 5.92 Å². The maximum absolute atomic E-state index is 11.9. The van der Waals surface area contributed by atoms with Gasteiger partial charge in [-0.3, -0.25) is 4.79 Å². The van der Waals surface area contributed by atoms with Gasteiger partial charge in [-0.15, -0.1) is 0 Å². The third-order valence-corrected chi connectivity index (χ3v) is 3.18. The number of benzene rings is 1. The molecule has 1 aromatic heterocycles. The summed E-state index contributed by atoms with van der Waals surface area (Å²) in [6.45, 7) is 5.47. The summed E-state index contributed by atoms with van der Waals surface area (Å²) < 4.78 is 15.3. The molecule has 112 valence electrons. The molecule has 0 unspecified atom stereocenters. The number of para-hydroxylation sites is 1. The minimum absolute atomic E-state index is 0.0211. The summed E-state index contributed by atoms with van der Waals surface area (Å²) >= 11 is 0. The number of carbonyl (C=O) groups excluding carboxylic acids is 1. The van der Waals surface area contributed by atoms with Crippen LogP contribution in [-0.4, -0.2) is 5.78 Å². The monoisotopic (exact) mass is 290 g/mol. The molecule has 1 heterocycles. The summed E-state index contributed by atoms with van der Waals surface area (Å²) in [4.78, 5) is 22.8. The molecule has 0 fully saturated rings. The molecule has 0 aliphatic carbocycles. The number of ether oxygens (including phenoxy) is 1. The van der Waals surface area contributed by atoms with E-state index in [4.69, 9.17) is 13.6 Å². The van der Waals surface area contributed by atoms with Crippen molar-refractivity contribution in [1.82, 2.24) is 0 Å². The van der Waals surface area contributed by atoms with Gasteiger partial charge in [0.25, 0.3) is 0 Å². The van der Waals surface area contributed by atoms with Gasteiger partial charge in [0.1, 0.15) is 18.1 Å². The van der Waals surface area contributed by atoms with Crippen LogP contribution >= 0.6 is 0 Å². The highest BCUT2D eigenvalue weighted by atomic mass is 16.6. The van der Waals surface area contributed by atoms with Gasteiger partial charge in [0.15, 0.2) is 11.5 Å². The second-order valence-electron chi connectivity index (χ2n) is 5.13. The third-order valence-electron chi connectivity index (χ3n) is 3.18. The van der Waals surface area contributed by atoms with E-state index < -0.39 is 5.82 Å². The summed E-state index contributed by atoms with van der Waals surface area (Å²) in [5.41, 5.74) is 0.819. The van der Waals surface area contributed by atoms with Crippen LogP contribution in [0.4, 0.5) is 0 Å². The number of hydrogen-bond acceptors (Lipinski definition) is 5. The van der Waals surface area contributed by atoms with Gasteiger partial charge >= 0.3 is 5.82 Å². The zero-order valence-electron chi connectivity index (χ0n) is 12.3. The van der Waals surface area contributed by atoms with E-state index in [9.17, 15) is 9.59 Å². The Morgan fingerprint density at radius 3 is 2.57 bits per heavy atom. The molecule has 2 aromatic rings. The van der Waals surface area contributed by atoms with E-state index >= 15 is 0 Å². The maximum atomic E-state index is 11.9. The first kappa shape index (κ1) is 15.1. The van der Waals surface area contributed by atoms with Crippen LogP contribution in [0, 0.1) is 12.8 Å². The molecule has 0 aliphatic rings. The second-order valence-corrected chi connectivity index (χ2v) is 5.13. The lowest BCUT2D eigenvalue weighted by Gasteiger charge is -2.11. The minimum atomic E-state index is -0.741. The molecule has 0 radical (unpaired) electrons. The Kier molecular flexibility index (Phi) is 4.62. The number of hydrogen-bond donors (Lipinski definition) is 0. The Balaban J connectivity index is 2.11. The Morgan fingerprint density at radius 1 is 1.24 bits per heavy atom. The van der Waals surface area contributed by atoms with Crippen molar-refractivity contribution in [2.75, 3.05) is 0 Å². The highest BCUT2D eigenvalue weighted by Gasteiger charge is 2.14. The Morgan fingerprint density at radius 2 is 1.95 bits per heavy atom. The molecule has 0 N–H and O–H groups in total. The van der Waals surface area contributed by atoms with Crippen LogP contribution in [0.1, 0.15) is 30.9 Å². The molecule has 21 heavy (non-hydrogen) atoms. The van der Waals surface area contributed by atoms with Crippen molar-refractivity contribution in [2.45, 2.75) is 33.8 Å². The summed E-state index contributed by atoms with van der Waals surface area (Å²) in [7, 11) is 0. The average Bonchev–Trinajstić information content (AvgIpc) is 2.76. The molecule has 0 atom stereocenters. The lowest BCUT2D eigenvalue weighted by molar-refractivity contribution is -0.121. The van der Waals surface area contributed by atoms with Crippen LogP contribution in [0.3, 0.4) is 0 Å². The third kappa shape index (κ3) is 3.84. The minimum Gasteiger partial charge on any atom is -0.485 e. The van der Waals surface area contributed by atoms with E-state index in [1.54, 1.807) is 13.0 Å². The van der Waals surface area contributed by atoms with Crippen molar-refractivity contribution in [3.8, 4) is 5.75 Å². The summed E-state index contributed by atoms with van der Waals surface area (Å²) in [5.74, 6) is 0.745. The van der Waals surface area contributed by atoms with Gasteiger partial charge < -0.3 is 13.6 Å². The molecule has 5 nitrogen and oxygen atoms in total. The van der Waals surface area contributed by atoms with Crippen LogP contribution in [0.15, 0.2) is 37.9 Å². The second kappa shape index (κ2) is 6.43. The van der Waals surface area contributed by atoms with E-state index in [0.29, 0.717) is 23.7 Å². The van der Waals surface area contributed by atoms with Gasteiger partial charge in [-0.05, 0) is 13.0 Å². The molecule has 0 aliphatic heterocycles. The van der Waals surface area contributed by atoms with Crippen molar-refractivity contribution < 1.29 is 18.4 Å². The van der Waals surface area contributed by atoms with Crippen LogP contribution in [0.5, 0.6) is 5.75 Å². The Labute approximate surface area is 122 Å². The van der Waals surface area contributed by atoms with E-state index in [1.165, 1.54) is 0 Å². The largest absolute Gasteiger partial charge is 0.519 e. The zero-order chi connectivity index (χ0) is 15.4. The number of Topliss-reactive ketones (excluding diaryl/α,β-unsaturated/α-hetero) is 1. The molecular weight excluding hydrogens is 272 g/mol. The van der Waals surface area contributed by atoms with Gasteiger partial charge in [0, 0.05) is 17.9 Å². The fourth-order valence-corrected chi connectivity index (χ4v) is 1.83. The van der Waals surface area contributed by atoms with Gasteiger partial charge in [0.2, 0.25) is 0 Å². The van der Waals surface area contributed by atoms with Gasteiger partial charge in [-0.2, -0.15) is 0 Å². The number of carbonyl (C=O) groups is 1. The van der Waals surface area contributed by atoms with Gasteiger partial charge in [-0.25, -0.2) is 4.79 Å². The van der Waals surface area contributed by atoms with Crippen LogP contribution in [0.25, 0.3) is 0 Å². The molecular formula is C16H18O5. The summed E-state index contributed by atoms with van der Waals surface area (Å²) in [6, 6.07) is 7.33. The maximum Gasteiger partial charge on any atom is 0.519 e. The van der Waals surface area contributed by atoms with Crippen molar-refractivity contribution in [3.05, 3.63) is 52.0 Å². The van der Waals surface area contributed by atoms with Crippen LogP contribution in [0.2, 0.25) is 0 Å². The molecule has 0 amide bonds. The number of ketones is 1. The van der Waals surface area contributed by atoms with Gasteiger partial charge in [0.05, 0.1) is 0 Å². The fourth-order valence-electron chi connectivity index (χ4n) is 1.83. The zero-order valence-corrected chi connectivity index (χ0v) is 12.3. The molecule has 0 saturated carbocycles. The first-order valence-corrected chi connectivity index (χ1v) is 6.80. The lowest BCUT2D eigenvalue weighted by Crippen LogP contribution is -2.11. The highest BCUT2D eigenvalue weighted by molar-refractivity contribution is 5.83. The number of rotatable bonds is 6. The predicted molar refractivity (Wildman–Crippen MR) is 76.3 cm³/mol. The predicted octanol–water partition coefficient (Wildman–Crippen LogP) is 2.89. The topological polar surface area (TPSA) is 69.7 Å². The average molecular weight is 290 g/mol. The van der Waals surface area contributed by atoms with Crippen molar-refractivity contribution in [1.29, 1.82) is 0 Å². The van der Waals surface area contributed by atoms with E-state index in [-0.39, 0.29) is 18.3 Å². The van der Waals surface area contributed by atoms with Crippen molar-refractivity contribution >= 4 is 5.78 Å². The highest BCUT2D eigenvalue weighted by Crippen LogP contribution is 2.21. The van der Waals surface area contributed by atoms with E-state index in [1.807, 2.05) is 32.0 Å². The Bertz CT molecular complexity index is 678. The van der Waals surface area contributed by atoms with Crippen LogP contribution in [-0.2, 0) is 17.8 Å². The van der Waals surface area contributed by atoms with Crippen molar-refractivity contribution in [3.63, 3.8) is 0 Å². The molecule has 0 bridgehead atoms. The molecule has 5 heteroatoms. The fraction of sp³-hybridized carbons (Fsp3) is 0.375. The smallest absolute Gasteiger partial charge is 0.485 e. The van der Waals surface area contributed by atoms with Crippen LogP contribution < -0.4 is 10.6 Å². The van der Waals surface area contributed by atoms with Gasteiger partial charge in [-0.1, -0.05) is 32.0 Å². The lowest BCUT2D eigenvalue weighted by atomic mass is 10.0. The molecule has 2 rings (SSSR count). The van der Waals surface area contributed by atoms with E-state index in [0.717, 1.165) is 5.56 Å². The first-order valence-electron chi connectivity index (χ1n) is 6.80. The SMILES string of the molecule is Cc1oc(=O)oc1COc1ccccc1CC(=O)C(C)C. The van der Waals surface area contributed by atoms with E-state index in [2.05, 4.69) is 0 Å². The summed E-state index contributed by atoms with van der Waals surface area (Å²) in [6.07, 6.45) is 0.322. The molecule has 0 spiro atoms.